The molecule has 4 heteroatoms. The maximum atomic E-state index is 11.3. The highest BCUT2D eigenvalue weighted by atomic mass is 16.5. The molecule has 0 aliphatic heterocycles. The molecule has 1 fully saturated rings. The Labute approximate surface area is 83.9 Å². The van der Waals surface area contributed by atoms with E-state index in [4.69, 9.17) is 5.11 Å². The van der Waals surface area contributed by atoms with Gasteiger partial charge in [0.1, 0.15) is 5.92 Å². The van der Waals surface area contributed by atoms with Crippen LogP contribution < -0.4 is 0 Å². The summed E-state index contributed by atoms with van der Waals surface area (Å²) < 4.78 is 4.56. The molecule has 0 aromatic carbocycles. The fourth-order valence-corrected chi connectivity index (χ4v) is 2.12. The number of hydrogen-bond donors (Lipinski definition) is 2. The minimum absolute atomic E-state index is 0.344. The number of rotatable bonds is 3. The smallest absolute Gasteiger partial charge is 0.313 e. The van der Waals surface area contributed by atoms with Crippen molar-refractivity contribution in [2.45, 2.75) is 37.7 Å². The Morgan fingerprint density at radius 3 is 2.43 bits per heavy atom. The van der Waals surface area contributed by atoms with Crippen LogP contribution in [0.25, 0.3) is 0 Å². The molecular weight excluding hydrogens is 184 g/mol. The molecule has 1 aliphatic rings. The molecule has 2 N–H and O–H groups in total. The molecule has 14 heavy (non-hydrogen) atoms. The Kier molecular flexibility index (Phi) is 3.89. The van der Waals surface area contributed by atoms with Crippen molar-refractivity contribution in [3.63, 3.8) is 0 Å². The van der Waals surface area contributed by atoms with Gasteiger partial charge in [-0.3, -0.25) is 4.79 Å². The van der Waals surface area contributed by atoms with Gasteiger partial charge in [-0.1, -0.05) is 19.3 Å². The topological polar surface area (TPSA) is 66.8 Å². The number of carbonyl (C=O) groups excluding carboxylic acids is 1. The molecule has 1 aliphatic carbocycles. The Morgan fingerprint density at radius 1 is 1.43 bits per heavy atom. The van der Waals surface area contributed by atoms with Crippen LogP contribution in [-0.2, 0) is 9.53 Å². The standard InChI is InChI=1S/C10H18O4/c1-14-9(12)8(7-11)10(13)5-3-2-4-6-10/h8,11,13H,2-7H2,1H3. The largest absolute Gasteiger partial charge is 0.469 e. The molecule has 0 aromatic heterocycles. The number of carbonyl (C=O) groups is 1. The summed E-state index contributed by atoms with van der Waals surface area (Å²) in [5.41, 5.74) is -1.06. The van der Waals surface area contributed by atoms with Crippen LogP contribution in [0.1, 0.15) is 32.1 Å². The molecular formula is C10H18O4. The van der Waals surface area contributed by atoms with Crippen molar-refractivity contribution < 1.29 is 19.7 Å². The lowest BCUT2D eigenvalue weighted by Crippen LogP contribution is -2.46. The summed E-state index contributed by atoms with van der Waals surface area (Å²) >= 11 is 0. The average molecular weight is 202 g/mol. The van der Waals surface area contributed by atoms with E-state index >= 15 is 0 Å². The van der Waals surface area contributed by atoms with E-state index in [1.165, 1.54) is 7.11 Å². The third-order valence-corrected chi connectivity index (χ3v) is 3.04. The summed E-state index contributed by atoms with van der Waals surface area (Å²) in [6.07, 6.45) is 4.05. The van der Waals surface area contributed by atoms with E-state index in [1.54, 1.807) is 0 Å². The number of hydrogen-bond acceptors (Lipinski definition) is 4. The van der Waals surface area contributed by atoms with E-state index < -0.39 is 17.5 Å². The molecule has 0 spiro atoms. The van der Waals surface area contributed by atoms with Crippen LogP contribution in [-0.4, -0.2) is 35.5 Å². The van der Waals surface area contributed by atoms with Crippen molar-refractivity contribution in [3.8, 4) is 0 Å². The summed E-state index contributed by atoms with van der Waals surface area (Å²) in [4.78, 5) is 11.3. The second-order valence-electron chi connectivity index (χ2n) is 3.92. The molecule has 1 atom stereocenters. The molecule has 1 saturated carbocycles. The summed E-state index contributed by atoms with van der Waals surface area (Å²) in [6.45, 7) is -0.344. The van der Waals surface area contributed by atoms with Crippen LogP contribution in [0, 0.1) is 5.92 Å². The van der Waals surface area contributed by atoms with Crippen molar-refractivity contribution >= 4 is 5.97 Å². The lowest BCUT2D eigenvalue weighted by atomic mass is 9.76. The highest BCUT2D eigenvalue weighted by molar-refractivity contribution is 5.73. The van der Waals surface area contributed by atoms with Crippen molar-refractivity contribution in [2.75, 3.05) is 13.7 Å². The van der Waals surface area contributed by atoms with Gasteiger partial charge >= 0.3 is 5.97 Å². The average Bonchev–Trinajstić information content (AvgIpc) is 2.19. The zero-order chi connectivity index (χ0) is 10.6. The molecule has 1 unspecified atom stereocenters. The van der Waals surface area contributed by atoms with Crippen molar-refractivity contribution in [1.29, 1.82) is 0 Å². The van der Waals surface area contributed by atoms with E-state index in [9.17, 15) is 9.90 Å². The zero-order valence-corrected chi connectivity index (χ0v) is 8.53. The van der Waals surface area contributed by atoms with Gasteiger partial charge in [0.15, 0.2) is 0 Å². The fourth-order valence-electron chi connectivity index (χ4n) is 2.12. The zero-order valence-electron chi connectivity index (χ0n) is 8.53. The first-order valence-corrected chi connectivity index (χ1v) is 5.05. The highest BCUT2D eigenvalue weighted by Crippen LogP contribution is 2.34. The molecule has 0 heterocycles. The lowest BCUT2D eigenvalue weighted by Gasteiger charge is -2.36. The second kappa shape index (κ2) is 4.75. The summed E-state index contributed by atoms with van der Waals surface area (Å²) in [6, 6.07) is 0. The fraction of sp³-hybridized carbons (Fsp3) is 0.900. The monoisotopic (exact) mass is 202 g/mol. The first-order valence-electron chi connectivity index (χ1n) is 5.05. The van der Waals surface area contributed by atoms with Gasteiger partial charge in [-0.15, -0.1) is 0 Å². The van der Waals surface area contributed by atoms with Crippen LogP contribution in [0.3, 0.4) is 0 Å². The van der Waals surface area contributed by atoms with E-state index in [0.717, 1.165) is 19.3 Å². The number of esters is 1. The maximum absolute atomic E-state index is 11.3. The first-order chi connectivity index (χ1) is 6.64. The highest BCUT2D eigenvalue weighted by Gasteiger charge is 2.42. The van der Waals surface area contributed by atoms with Gasteiger partial charge in [0, 0.05) is 0 Å². The summed E-state index contributed by atoms with van der Waals surface area (Å²) in [5, 5.41) is 19.3. The Hall–Kier alpha value is -0.610. The number of aliphatic hydroxyl groups is 2. The van der Waals surface area contributed by atoms with E-state index in [1.807, 2.05) is 0 Å². The van der Waals surface area contributed by atoms with Gasteiger partial charge in [0.2, 0.25) is 0 Å². The second-order valence-corrected chi connectivity index (χ2v) is 3.92. The van der Waals surface area contributed by atoms with Crippen molar-refractivity contribution in [2.24, 2.45) is 5.92 Å². The molecule has 0 aromatic rings. The van der Waals surface area contributed by atoms with Crippen molar-refractivity contribution in [3.05, 3.63) is 0 Å². The van der Waals surface area contributed by atoms with Crippen LogP contribution in [0.5, 0.6) is 0 Å². The Bertz CT molecular complexity index is 196. The molecule has 0 amide bonds. The number of ether oxygens (including phenoxy) is 1. The summed E-state index contributed by atoms with van der Waals surface area (Å²) in [5.74, 6) is -1.30. The van der Waals surface area contributed by atoms with E-state index in [-0.39, 0.29) is 6.61 Å². The Morgan fingerprint density at radius 2 is 2.00 bits per heavy atom. The van der Waals surface area contributed by atoms with Gasteiger partial charge in [0.25, 0.3) is 0 Å². The van der Waals surface area contributed by atoms with E-state index in [0.29, 0.717) is 12.8 Å². The third kappa shape index (κ3) is 2.25. The molecule has 4 nitrogen and oxygen atoms in total. The lowest BCUT2D eigenvalue weighted by molar-refractivity contribution is -0.161. The van der Waals surface area contributed by atoms with Crippen LogP contribution in [0.4, 0.5) is 0 Å². The van der Waals surface area contributed by atoms with Gasteiger partial charge in [-0.25, -0.2) is 0 Å². The SMILES string of the molecule is COC(=O)C(CO)C1(O)CCCCC1. The minimum atomic E-state index is -1.06. The van der Waals surface area contributed by atoms with Gasteiger partial charge in [-0.05, 0) is 12.8 Å². The third-order valence-electron chi connectivity index (χ3n) is 3.04. The van der Waals surface area contributed by atoms with Crippen molar-refractivity contribution in [1.82, 2.24) is 0 Å². The normalized spacial score (nSPS) is 22.8. The summed E-state index contributed by atoms with van der Waals surface area (Å²) in [7, 11) is 1.27. The predicted octanol–water partition coefficient (Wildman–Crippen LogP) is 0.463. The van der Waals surface area contributed by atoms with Gasteiger partial charge < -0.3 is 14.9 Å². The molecule has 0 bridgehead atoms. The minimum Gasteiger partial charge on any atom is -0.469 e. The Balaban J connectivity index is 2.70. The number of methoxy groups -OCH3 is 1. The molecule has 0 saturated heterocycles. The molecule has 1 rings (SSSR count). The molecule has 0 radical (unpaired) electrons. The van der Waals surface area contributed by atoms with Gasteiger partial charge in [0.05, 0.1) is 19.3 Å². The van der Waals surface area contributed by atoms with Crippen LogP contribution in [0.2, 0.25) is 0 Å². The maximum Gasteiger partial charge on any atom is 0.313 e. The van der Waals surface area contributed by atoms with Crippen LogP contribution in [0.15, 0.2) is 0 Å². The first kappa shape index (κ1) is 11.5. The number of aliphatic hydroxyl groups excluding tert-OH is 1. The van der Waals surface area contributed by atoms with E-state index in [2.05, 4.69) is 4.74 Å². The van der Waals surface area contributed by atoms with Crippen LogP contribution >= 0.6 is 0 Å². The molecule has 82 valence electrons. The predicted molar refractivity (Wildman–Crippen MR) is 50.6 cm³/mol. The van der Waals surface area contributed by atoms with Gasteiger partial charge in [-0.2, -0.15) is 0 Å². The quantitative estimate of drug-likeness (QED) is 0.653.